The maximum absolute atomic E-state index is 6.11. The van der Waals surface area contributed by atoms with Gasteiger partial charge in [-0.1, -0.05) is 22.9 Å². The maximum Gasteiger partial charge on any atom is 0.152 e. The van der Waals surface area contributed by atoms with Crippen molar-refractivity contribution in [2.75, 3.05) is 18.2 Å². The van der Waals surface area contributed by atoms with E-state index in [1.165, 1.54) is 0 Å². The molecule has 108 valence electrons. The second-order valence-corrected chi connectivity index (χ2v) is 5.46. The van der Waals surface area contributed by atoms with Crippen molar-refractivity contribution in [2.24, 2.45) is 0 Å². The van der Waals surface area contributed by atoms with Crippen molar-refractivity contribution in [2.45, 2.75) is 26.8 Å². The molecule has 3 N–H and O–H groups in total. The number of nitrogens with zero attached hydrogens (tertiary/aromatic N) is 2. The molecule has 0 aliphatic heterocycles. The number of rotatable bonds is 5. The summed E-state index contributed by atoms with van der Waals surface area (Å²) in [6.07, 6.45) is 0.991. The average molecular weight is 339 g/mol. The number of ether oxygens (including phenoxy) is 1. The van der Waals surface area contributed by atoms with Gasteiger partial charge in [0.15, 0.2) is 5.82 Å². The molecule has 0 saturated carbocycles. The van der Waals surface area contributed by atoms with E-state index < -0.39 is 0 Å². The van der Waals surface area contributed by atoms with Crippen molar-refractivity contribution in [3.8, 4) is 5.75 Å². The highest BCUT2D eigenvalue weighted by molar-refractivity contribution is 9.10. The van der Waals surface area contributed by atoms with Crippen molar-refractivity contribution >= 4 is 33.1 Å². The summed E-state index contributed by atoms with van der Waals surface area (Å²) in [5, 5.41) is 7.78. The Morgan fingerprint density at radius 1 is 1.45 bits per heavy atom. The summed E-state index contributed by atoms with van der Waals surface area (Å²) in [6, 6.07) is 5.79. The second-order valence-electron chi connectivity index (χ2n) is 4.54. The molecule has 1 aromatic carbocycles. The zero-order valence-electron chi connectivity index (χ0n) is 11.9. The second kappa shape index (κ2) is 6.17. The minimum absolute atomic E-state index is 0.667. The Hall–Kier alpha value is -1.69. The fraction of sp³-hybridized carbons (Fsp3) is 0.357. The summed E-state index contributed by atoms with van der Waals surface area (Å²) < 4.78 is 8.23. The lowest BCUT2D eigenvalue weighted by Gasteiger charge is -2.13. The molecule has 1 aromatic heterocycles. The number of hydrogen-bond acceptors (Lipinski definition) is 4. The van der Waals surface area contributed by atoms with E-state index in [0.717, 1.165) is 40.4 Å². The smallest absolute Gasteiger partial charge is 0.152 e. The van der Waals surface area contributed by atoms with Crippen LogP contribution < -0.4 is 15.8 Å². The monoisotopic (exact) mass is 338 g/mol. The third-order valence-electron chi connectivity index (χ3n) is 3.02. The molecular formula is C14H19BrN4O. The molecule has 0 atom stereocenters. The lowest BCUT2D eigenvalue weighted by Crippen LogP contribution is -2.06. The Bertz CT molecular complexity index is 609. The van der Waals surface area contributed by atoms with Crippen LogP contribution in [0.15, 0.2) is 22.7 Å². The van der Waals surface area contributed by atoms with Gasteiger partial charge in [0.05, 0.1) is 24.2 Å². The van der Waals surface area contributed by atoms with E-state index in [2.05, 4.69) is 33.3 Å². The van der Waals surface area contributed by atoms with Gasteiger partial charge < -0.3 is 15.8 Å². The largest absolute Gasteiger partial charge is 0.495 e. The van der Waals surface area contributed by atoms with Crippen LogP contribution in [-0.2, 0) is 6.54 Å². The first-order valence-corrected chi connectivity index (χ1v) is 7.29. The summed E-state index contributed by atoms with van der Waals surface area (Å²) >= 11 is 3.46. The van der Waals surface area contributed by atoms with E-state index in [9.17, 15) is 0 Å². The van der Waals surface area contributed by atoms with Gasteiger partial charge in [-0.2, -0.15) is 5.10 Å². The van der Waals surface area contributed by atoms with Crippen LogP contribution >= 0.6 is 15.9 Å². The predicted octanol–water partition coefficient (Wildman–Crippen LogP) is 3.70. The number of aryl methyl sites for hydroxylation is 2. The van der Waals surface area contributed by atoms with Crippen molar-refractivity contribution in [1.29, 1.82) is 0 Å². The summed E-state index contributed by atoms with van der Waals surface area (Å²) in [7, 11) is 1.65. The van der Waals surface area contributed by atoms with Gasteiger partial charge in [0, 0.05) is 11.0 Å². The fourth-order valence-corrected chi connectivity index (χ4v) is 2.37. The lowest BCUT2D eigenvalue weighted by atomic mass is 10.3. The van der Waals surface area contributed by atoms with Crippen LogP contribution in [0, 0.1) is 6.92 Å². The number of methoxy groups -OCH3 is 1. The van der Waals surface area contributed by atoms with E-state index in [-0.39, 0.29) is 0 Å². The number of halogens is 1. The van der Waals surface area contributed by atoms with Gasteiger partial charge in [0.1, 0.15) is 5.75 Å². The van der Waals surface area contributed by atoms with E-state index in [4.69, 9.17) is 10.5 Å². The van der Waals surface area contributed by atoms with Crippen molar-refractivity contribution in [3.63, 3.8) is 0 Å². The zero-order chi connectivity index (χ0) is 14.7. The van der Waals surface area contributed by atoms with E-state index in [1.807, 2.05) is 29.8 Å². The van der Waals surface area contributed by atoms with Crippen LogP contribution in [0.4, 0.5) is 17.2 Å². The SMILES string of the molecule is CCCn1nc(C)c(N)c1Nc1cc(Br)ccc1OC. The number of nitrogens with two attached hydrogens (primary N) is 1. The topological polar surface area (TPSA) is 65.1 Å². The van der Waals surface area contributed by atoms with Crippen LogP contribution in [0.5, 0.6) is 5.75 Å². The fourth-order valence-electron chi connectivity index (χ4n) is 2.01. The number of nitrogens with one attached hydrogen (secondary N) is 1. The molecule has 6 heteroatoms. The normalized spacial score (nSPS) is 10.6. The predicted molar refractivity (Wildman–Crippen MR) is 85.6 cm³/mol. The minimum Gasteiger partial charge on any atom is -0.495 e. The molecule has 0 saturated heterocycles. The molecule has 20 heavy (non-hydrogen) atoms. The zero-order valence-corrected chi connectivity index (χ0v) is 13.5. The molecule has 2 rings (SSSR count). The van der Waals surface area contributed by atoms with Crippen LogP contribution in [0.2, 0.25) is 0 Å². The van der Waals surface area contributed by atoms with Gasteiger partial charge >= 0.3 is 0 Å². The maximum atomic E-state index is 6.11. The van der Waals surface area contributed by atoms with Gasteiger partial charge in [-0.05, 0) is 31.5 Å². The molecule has 0 amide bonds. The van der Waals surface area contributed by atoms with Crippen molar-refractivity contribution in [1.82, 2.24) is 9.78 Å². The molecule has 0 radical (unpaired) electrons. The first kappa shape index (κ1) is 14.7. The molecule has 5 nitrogen and oxygen atoms in total. The molecule has 0 unspecified atom stereocenters. The number of hydrogen-bond donors (Lipinski definition) is 2. The Morgan fingerprint density at radius 2 is 2.20 bits per heavy atom. The number of nitrogen functional groups attached to an aromatic ring is 1. The van der Waals surface area contributed by atoms with Crippen LogP contribution in [0.1, 0.15) is 19.0 Å². The van der Waals surface area contributed by atoms with Crippen molar-refractivity contribution in [3.05, 3.63) is 28.4 Å². The molecule has 1 heterocycles. The first-order valence-electron chi connectivity index (χ1n) is 6.50. The highest BCUT2D eigenvalue weighted by Crippen LogP contribution is 2.33. The first-order chi connectivity index (χ1) is 9.56. The average Bonchev–Trinajstić information content (AvgIpc) is 2.67. The van der Waals surface area contributed by atoms with Crippen LogP contribution in [-0.4, -0.2) is 16.9 Å². The number of aromatic nitrogens is 2. The summed E-state index contributed by atoms with van der Waals surface area (Å²) in [6.45, 7) is 4.83. The van der Waals surface area contributed by atoms with Crippen LogP contribution in [0.25, 0.3) is 0 Å². The quantitative estimate of drug-likeness (QED) is 0.872. The van der Waals surface area contributed by atoms with Gasteiger partial charge in [-0.25, -0.2) is 4.68 Å². The molecule has 0 aliphatic rings. The molecule has 2 aromatic rings. The van der Waals surface area contributed by atoms with Gasteiger partial charge in [0.25, 0.3) is 0 Å². The highest BCUT2D eigenvalue weighted by atomic mass is 79.9. The van der Waals surface area contributed by atoms with Crippen molar-refractivity contribution < 1.29 is 4.74 Å². The Labute approximate surface area is 127 Å². The summed E-state index contributed by atoms with van der Waals surface area (Å²) in [4.78, 5) is 0. The third-order valence-corrected chi connectivity index (χ3v) is 3.52. The molecule has 0 aliphatic carbocycles. The van der Waals surface area contributed by atoms with E-state index in [1.54, 1.807) is 7.11 Å². The molecule has 0 bridgehead atoms. The third kappa shape index (κ3) is 2.90. The Balaban J connectivity index is 2.41. The standard InChI is InChI=1S/C14H19BrN4O/c1-4-7-19-14(13(16)9(2)18-19)17-11-8-10(15)5-6-12(11)20-3/h5-6,8,17H,4,7,16H2,1-3H3. The number of benzene rings is 1. The molecular weight excluding hydrogens is 320 g/mol. The summed E-state index contributed by atoms with van der Waals surface area (Å²) in [5.41, 5.74) is 8.46. The van der Waals surface area contributed by atoms with Gasteiger partial charge in [-0.15, -0.1) is 0 Å². The molecule has 0 fully saturated rings. The van der Waals surface area contributed by atoms with Crippen LogP contribution in [0.3, 0.4) is 0 Å². The Kier molecular flexibility index (Phi) is 4.54. The minimum atomic E-state index is 0.667. The number of anilines is 3. The van der Waals surface area contributed by atoms with Gasteiger partial charge in [-0.3, -0.25) is 0 Å². The summed E-state index contributed by atoms with van der Waals surface area (Å²) in [5.74, 6) is 1.57. The van der Waals surface area contributed by atoms with E-state index >= 15 is 0 Å². The lowest BCUT2D eigenvalue weighted by molar-refractivity contribution is 0.416. The van der Waals surface area contributed by atoms with Gasteiger partial charge in [0.2, 0.25) is 0 Å². The Morgan fingerprint density at radius 3 is 2.85 bits per heavy atom. The molecule has 0 spiro atoms. The van der Waals surface area contributed by atoms with E-state index in [0.29, 0.717) is 5.69 Å². The highest BCUT2D eigenvalue weighted by Gasteiger charge is 2.14.